The standard InChI is InChI=1S/C29H22BrN3O5S2/c1-38-20-13-11-19(12-14-20)33-26(35)23-22(16-7-9-17(30)10-8-16)25-28(39-24(23)27(33)36)32(29(37)40-25)15-21(34)31-18-5-3-2-4-6-18/h2-14,22-24H,15H2,1H3,(H,31,34). The van der Waals surface area contributed by atoms with E-state index in [0.717, 1.165) is 21.4 Å². The minimum absolute atomic E-state index is 0.207. The molecular weight excluding hydrogens is 614 g/mol. The normalized spacial score (nSPS) is 19.8. The minimum Gasteiger partial charge on any atom is -0.497 e. The van der Waals surface area contributed by atoms with Crippen LogP contribution >= 0.6 is 39.0 Å². The Hall–Kier alpha value is -3.67. The summed E-state index contributed by atoms with van der Waals surface area (Å²) in [6, 6.07) is 23.3. The van der Waals surface area contributed by atoms with Gasteiger partial charge >= 0.3 is 4.87 Å². The maximum Gasteiger partial charge on any atom is 0.308 e. The van der Waals surface area contributed by atoms with Gasteiger partial charge in [-0.2, -0.15) is 0 Å². The summed E-state index contributed by atoms with van der Waals surface area (Å²) in [5.41, 5.74) is 1.90. The molecule has 1 N–H and O–H groups in total. The Labute approximate surface area is 246 Å². The SMILES string of the molecule is COc1ccc(N2C(=O)C3Sc4c(sc(=O)n4CC(=O)Nc4ccccc4)C(c4ccc(Br)cc4)C3C2=O)cc1. The molecule has 4 aromatic rings. The molecule has 3 amide bonds. The quantitative estimate of drug-likeness (QED) is 0.296. The molecule has 0 saturated carbocycles. The molecule has 40 heavy (non-hydrogen) atoms. The van der Waals surface area contributed by atoms with E-state index in [2.05, 4.69) is 21.2 Å². The molecule has 11 heteroatoms. The van der Waals surface area contributed by atoms with Crippen LogP contribution in [0, 0.1) is 5.92 Å². The Morgan fingerprint density at radius 3 is 2.33 bits per heavy atom. The van der Waals surface area contributed by atoms with Crippen LogP contribution < -0.4 is 19.8 Å². The number of thiazole rings is 1. The molecule has 202 valence electrons. The Bertz CT molecular complexity index is 1670. The number of fused-ring (bicyclic) bond motifs is 2. The van der Waals surface area contributed by atoms with Crippen LogP contribution in [-0.4, -0.2) is 34.6 Å². The number of imide groups is 1. The third-order valence-electron chi connectivity index (χ3n) is 6.97. The largest absolute Gasteiger partial charge is 0.497 e. The van der Waals surface area contributed by atoms with E-state index in [4.69, 9.17) is 4.74 Å². The first-order valence-electron chi connectivity index (χ1n) is 12.4. The average molecular weight is 637 g/mol. The minimum atomic E-state index is -0.756. The maximum atomic E-state index is 13.9. The number of hydrogen-bond acceptors (Lipinski definition) is 7. The topological polar surface area (TPSA) is 97.7 Å². The summed E-state index contributed by atoms with van der Waals surface area (Å²) in [6.45, 7) is -0.207. The third kappa shape index (κ3) is 4.67. The fourth-order valence-corrected chi connectivity index (χ4v) is 8.17. The Morgan fingerprint density at radius 2 is 1.65 bits per heavy atom. The number of benzene rings is 3. The molecule has 1 saturated heterocycles. The van der Waals surface area contributed by atoms with Crippen molar-refractivity contribution in [3.63, 3.8) is 0 Å². The molecule has 1 fully saturated rings. The average Bonchev–Trinajstić information content (AvgIpc) is 3.40. The van der Waals surface area contributed by atoms with Gasteiger partial charge in [-0.05, 0) is 54.1 Å². The lowest BCUT2D eigenvalue weighted by atomic mass is 9.83. The molecule has 1 aromatic heterocycles. The fourth-order valence-electron chi connectivity index (χ4n) is 5.14. The number of halogens is 1. The van der Waals surface area contributed by atoms with Gasteiger partial charge in [-0.3, -0.25) is 23.7 Å². The molecule has 3 atom stereocenters. The number of ether oxygens (including phenoxy) is 1. The number of amides is 3. The van der Waals surface area contributed by atoms with Gasteiger partial charge in [-0.15, -0.1) is 0 Å². The lowest BCUT2D eigenvalue weighted by Gasteiger charge is -2.30. The van der Waals surface area contributed by atoms with E-state index in [-0.39, 0.29) is 29.1 Å². The number of methoxy groups -OCH3 is 1. The highest BCUT2D eigenvalue weighted by atomic mass is 79.9. The van der Waals surface area contributed by atoms with Crippen molar-refractivity contribution in [2.45, 2.75) is 22.7 Å². The van der Waals surface area contributed by atoms with Gasteiger partial charge in [0.05, 0.1) is 23.7 Å². The first kappa shape index (κ1) is 26.5. The number of carbonyl (C=O) groups excluding carboxylic acids is 3. The van der Waals surface area contributed by atoms with E-state index in [0.29, 0.717) is 27.0 Å². The van der Waals surface area contributed by atoms with Gasteiger partial charge in [0.25, 0.3) is 0 Å². The van der Waals surface area contributed by atoms with Crippen molar-refractivity contribution in [3.05, 3.63) is 103 Å². The second-order valence-electron chi connectivity index (χ2n) is 9.34. The third-order valence-corrected chi connectivity index (χ3v) is 10.1. The predicted octanol–water partition coefficient (Wildman–Crippen LogP) is 5.12. The van der Waals surface area contributed by atoms with Crippen LogP contribution in [0.5, 0.6) is 5.75 Å². The first-order chi connectivity index (χ1) is 19.4. The summed E-state index contributed by atoms with van der Waals surface area (Å²) < 4.78 is 7.52. The summed E-state index contributed by atoms with van der Waals surface area (Å²) in [4.78, 5) is 55.5. The molecule has 0 radical (unpaired) electrons. The second-order valence-corrected chi connectivity index (χ2v) is 12.4. The van der Waals surface area contributed by atoms with E-state index in [9.17, 15) is 19.2 Å². The second kappa shape index (κ2) is 10.7. The Morgan fingerprint density at radius 1 is 0.950 bits per heavy atom. The number of aromatic nitrogens is 1. The zero-order valence-corrected chi connectivity index (χ0v) is 24.3. The number of para-hydroxylation sites is 1. The molecule has 0 spiro atoms. The number of rotatable bonds is 6. The van der Waals surface area contributed by atoms with Gasteiger partial charge in [0.1, 0.15) is 17.5 Å². The monoisotopic (exact) mass is 635 g/mol. The molecule has 8 nitrogen and oxygen atoms in total. The Balaban J connectivity index is 1.41. The molecule has 3 unspecified atom stereocenters. The van der Waals surface area contributed by atoms with Gasteiger partial charge in [0, 0.05) is 21.0 Å². The van der Waals surface area contributed by atoms with Crippen LogP contribution in [-0.2, 0) is 20.9 Å². The molecule has 6 rings (SSSR count). The molecule has 3 aromatic carbocycles. The van der Waals surface area contributed by atoms with Crippen LogP contribution in [0.3, 0.4) is 0 Å². The number of carbonyl (C=O) groups is 3. The molecule has 0 bridgehead atoms. The van der Waals surface area contributed by atoms with Crippen molar-refractivity contribution in [1.82, 2.24) is 4.57 Å². The molecule has 2 aliphatic heterocycles. The summed E-state index contributed by atoms with van der Waals surface area (Å²) in [5.74, 6) is -1.65. The van der Waals surface area contributed by atoms with Crippen molar-refractivity contribution < 1.29 is 19.1 Å². The molecule has 0 aliphatic carbocycles. The number of anilines is 2. The summed E-state index contributed by atoms with van der Waals surface area (Å²) in [5, 5.41) is 2.61. The van der Waals surface area contributed by atoms with Gasteiger partial charge in [0.15, 0.2) is 0 Å². The van der Waals surface area contributed by atoms with Crippen LogP contribution in [0.25, 0.3) is 0 Å². The summed E-state index contributed by atoms with van der Waals surface area (Å²) in [6.07, 6.45) is 0. The van der Waals surface area contributed by atoms with Crippen LogP contribution in [0.1, 0.15) is 16.4 Å². The number of nitrogens with one attached hydrogen (secondary N) is 1. The van der Waals surface area contributed by atoms with Crippen LogP contribution in [0.4, 0.5) is 11.4 Å². The van der Waals surface area contributed by atoms with Crippen molar-refractivity contribution in [2.75, 3.05) is 17.3 Å². The van der Waals surface area contributed by atoms with Crippen molar-refractivity contribution in [3.8, 4) is 5.75 Å². The zero-order valence-electron chi connectivity index (χ0n) is 21.1. The van der Waals surface area contributed by atoms with Gasteiger partial charge < -0.3 is 10.1 Å². The van der Waals surface area contributed by atoms with E-state index < -0.39 is 17.1 Å². The Kier molecular flexibility index (Phi) is 7.11. The van der Waals surface area contributed by atoms with Crippen LogP contribution in [0.15, 0.2) is 93.2 Å². The lowest BCUT2D eigenvalue weighted by molar-refractivity contribution is -0.122. The first-order valence-corrected chi connectivity index (χ1v) is 14.9. The highest BCUT2D eigenvalue weighted by molar-refractivity contribution is 9.10. The highest BCUT2D eigenvalue weighted by Crippen LogP contribution is 2.54. The van der Waals surface area contributed by atoms with Crippen molar-refractivity contribution >= 4 is 68.1 Å². The van der Waals surface area contributed by atoms with Gasteiger partial charge in [0.2, 0.25) is 17.7 Å². The maximum absolute atomic E-state index is 13.9. The summed E-state index contributed by atoms with van der Waals surface area (Å²) in [7, 11) is 1.55. The van der Waals surface area contributed by atoms with E-state index in [1.807, 2.05) is 42.5 Å². The lowest BCUT2D eigenvalue weighted by Crippen LogP contribution is -2.33. The van der Waals surface area contributed by atoms with E-state index in [1.165, 1.54) is 21.2 Å². The van der Waals surface area contributed by atoms with Crippen LogP contribution in [0.2, 0.25) is 0 Å². The molecule has 2 aliphatic rings. The highest BCUT2D eigenvalue weighted by Gasteiger charge is 2.56. The van der Waals surface area contributed by atoms with Crippen molar-refractivity contribution in [2.24, 2.45) is 5.92 Å². The number of nitrogens with zero attached hydrogens (tertiary/aromatic N) is 2. The fraction of sp³-hybridized carbons (Fsp3) is 0.172. The van der Waals surface area contributed by atoms with E-state index in [1.54, 1.807) is 43.5 Å². The van der Waals surface area contributed by atoms with Gasteiger partial charge in [-0.1, -0.05) is 69.4 Å². The summed E-state index contributed by atoms with van der Waals surface area (Å²) >= 11 is 5.67. The molecule has 3 heterocycles. The molecular formula is C29H22BrN3O5S2. The van der Waals surface area contributed by atoms with E-state index >= 15 is 0 Å². The van der Waals surface area contributed by atoms with Crippen molar-refractivity contribution in [1.29, 1.82) is 0 Å². The predicted molar refractivity (Wildman–Crippen MR) is 158 cm³/mol. The number of hydrogen-bond donors (Lipinski definition) is 1. The van der Waals surface area contributed by atoms with Gasteiger partial charge in [-0.25, -0.2) is 4.90 Å². The smallest absolute Gasteiger partial charge is 0.308 e. The zero-order chi connectivity index (χ0) is 28.0. The number of thioether (sulfide) groups is 1.